The van der Waals surface area contributed by atoms with Crippen molar-refractivity contribution in [3.63, 3.8) is 0 Å². The molecule has 30 heavy (non-hydrogen) atoms. The second-order valence-electron chi connectivity index (χ2n) is 7.10. The van der Waals surface area contributed by atoms with Crippen LogP contribution in [-0.2, 0) is 9.59 Å². The Morgan fingerprint density at radius 2 is 1.97 bits per heavy atom. The van der Waals surface area contributed by atoms with E-state index in [-0.39, 0.29) is 22.2 Å². The lowest BCUT2D eigenvalue weighted by atomic mass is 9.79. The van der Waals surface area contributed by atoms with E-state index >= 15 is 0 Å². The van der Waals surface area contributed by atoms with E-state index < -0.39 is 35.8 Å². The summed E-state index contributed by atoms with van der Waals surface area (Å²) in [6.07, 6.45) is -3.38. The molecule has 10 heteroatoms. The third-order valence-corrected chi connectivity index (χ3v) is 5.46. The van der Waals surface area contributed by atoms with Crippen molar-refractivity contribution in [2.75, 3.05) is 18.9 Å². The normalized spacial score (nSPS) is 22.2. The van der Waals surface area contributed by atoms with E-state index in [1.165, 1.54) is 41.3 Å². The standard InChI is InChI=1S/C20H16ClF3N2O4/c1-26-8-7-11(10-5-6-14-15(9-10)30-20(23,24)29-14)16(19(26)28)18(27)25-13-4-2-3-12(21)17(13)22/h2-6,9,11,16H,7-8H2,1H3,(H,25,27)/t11-,16+/m1/s1. The Balaban J connectivity index is 1.65. The Kier molecular flexibility index (Phi) is 5.01. The van der Waals surface area contributed by atoms with Gasteiger partial charge in [0.05, 0.1) is 10.7 Å². The number of alkyl halides is 2. The molecule has 2 heterocycles. The van der Waals surface area contributed by atoms with Crippen molar-refractivity contribution in [3.8, 4) is 11.5 Å². The number of carbonyl (C=O) groups is 2. The molecule has 0 spiro atoms. The highest BCUT2D eigenvalue weighted by molar-refractivity contribution is 6.31. The molecule has 2 atom stereocenters. The Morgan fingerprint density at radius 1 is 1.23 bits per heavy atom. The van der Waals surface area contributed by atoms with Crippen LogP contribution in [0, 0.1) is 11.7 Å². The van der Waals surface area contributed by atoms with E-state index in [2.05, 4.69) is 14.8 Å². The summed E-state index contributed by atoms with van der Waals surface area (Å²) in [5.74, 6) is -4.13. The molecule has 6 nitrogen and oxygen atoms in total. The summed E-state index contributed by atoms with van der Waals surface area (Å²) >= 11 is 5.75. The molecule has 2 amide bonds. The maximum absolute atomic E-state index is 14.2. The van der Waals surface area contributed by atoms with Gasteiger partial charge in [-0.25, -0.2) is 4.39 Å². The first-order valence-corrected chi connectivity index (χ1v) is 9.44. The van der Waals surface area contributed by atoms with E-state index in [1.54, 1.807) is 7.05 Å². The van der Waals surface area contributed by atoms with Crippen LogP contribution in [0.5, 0.6) is 11.5 Å². The lowest BCUT2D eigenvalue weighted by Gasteiger charge is -2.35. The third-order valence-electron chi connectivity index (χ3n) is 5.17. The average Bonchev–Trinajstić information content (AvgIpc) is 3.00. The molecule has 0 radical (unpaired) electrons. The van der Waals surface area contributed by atoms with E-state index in [9.17, 15) is 22.8 Å². The third kappa shape index (κ3) is 3.65. The summed E-state index contributed by atoms with van der Waals surface area (Å²) in [6.45, 7) is 0.364. The molecule has 2 aliphatic heterocycles. The van der Waals surface area contributed by atoms with Crippen molar-refractivity contribution in [1.82, 2.24) is 4.90 Å². The molecule has 2 aromatic carbocycles. The summed E-state index contributed by atoms with van der Waals surface area (Å²) in [4.78, 5) is 27.2. The van der Waals surface area contributed by atoms with E-state index in [1.807, 2.05) is 0 Å². The molecule has 0 aliphatic carbocycles. The van der Waals surface area contributed by atoms with Gasteiger partial charge in [0.1, 0.15) is 5.92 Å². The minimum atomic E-state index is -3.77. The van der Waals surface area contributed by atoms with Crippen molar-refractivity contribution in [2.24, 2.45) is 5.92 Å². The zero-order chi connectivity index (χ0) is 21.6. The molecule has 1 fully saturated rings. The van der Waals surface area contributed by atoms with Gasteiger partial charge >= 0.3 is 6.29 Å². The van der Waals surface area contributed by atoms with Gasteiger partial charge in [0, 0.05) is 19.5 Å². The van der Waals surface area contributed by atoms with E-state index in [0.717, 1.165) is 0 Å². The topological polar surface area (TPSA) is 67.9 Å². The van der Waals surface area contributed by atoms with E-state index in [4.69, 9.17) is 11.6 Å². The smallest absolute Gasteiger partial charge is 0.395 e. The monoisotopic (exact) mass is 440 g/mol. The van der Waals surface area contributed by atoms with Crippen LogP contribution < -0.4 is 14.8 Å². The van der Waals surface area contributed by atoms with Gasteiger partial charge < -0.3 is 19.7 Å². The lowest BCUT2D eigenvalue weighted by molar-refractivity contribution is -0.286. The number of rotatable bonds is 3. The molecule has 1 saturated heterocycles. The number of nitrogens with one attached hydrogen (secondary N) is 1. The highest BCUT2D eigenvalue weighted by Gasteiger charge is 2.45. The first-order chi connectivity index (χ1) is 14.2. The van der Waals surface area contributed by atoms with E-state index in [0.29, 0.717) is 18.5 Å². The van der Waals surface area contributed by atoms with Crippen LogP contribution in [0.3, 0.4) is 0 Å². The van der Waals surface area contributed by atoms with Crippen molar-refractivity contribution in [3.05, 3.63) is 52.8 Å². The number of hydrogen-bond acceptors (Lipinski definition) is 4. The fourth-order valence-corrected chi connectivity index (χ4v) is 3.85. The summed E-state index contributed by atoms with van der Waals surface area (Å²) in [5, 5.41) is 2.24. The maximum atomic E-state index is 14.2. The first-order valence-electron chi connectivity index (χ1n) is 9.06. The predicted octanol–water partition coefficient (Wildman–Crippen LogP) is 4.00. The van der Waals surface area contributed by atoms with Gasteiger partial charge in [0.25, 0.3) is 0 Å². The van der Waals surface area contributed by atoms with Crippen molar-refractivity contribution >= 4 is 29.1 Å². The van der Waals surface area contributed by atoms with Crippen LogP contribution in [0.4, 0.5) is 18.9 Å². The molecule has 0 saturated carbocycles. The zero-order valence-electron chi connectivity index (χ0n) is 15.6. The maximum Gasteiger partial charge on any atom is 0.586 e. The number of ether oxygens (including phenoxy) is 2. The number of nitrogens with zero attached hydrogens (tertiary/aromatic N) is 1. The number of amides is 2. The number of likely N-dealkylation sites (tertiary alicyclic amines) is 1. The molecule has 0 unspecified atom stereocenters. The molecule has 4 rings (SSSR count). The Bertz CT molecular complexity index is 1030. The molecule has 2 aliphatic rings. The van der Waals surface area contributed by atoms with Crippen LogP contribution >= 0.6 is 11.6 Å². The summed E-state index contributed by atoms with van der Waals surface area (Å²) in [5.41, 5.74) is 0.306. The highest BCUT2D eigenvalue weighted by Crippen LogP contribution is 2.44. The van der Waals surface area contributed by atoms with Crippen LogP contribution in [0.1, 0.15) is 17.9 Å². The van der Waals surface area contributed by atoms with Gasteiger partial charge in [-0.3, -0.25) is 9.59 Å². The summed E-state index contributed by atoms with van der Waals surface area (Å²) in [6, 6.07) is 8.27. The highest BCUT2D eigenvalue weighted by atomic mass is 35.5. The molecular weight excluding hydrogens is 425 g/mol. The minimum Gasteiger partial charge on any atom is -0.395 e. The number of anilines is 1. The van der Waals surface area contributed by atoms with Crippen molar-refractivity contribution < 1.29 is 32.2 Å². The largest absolute Gasteiger partial charge is 0.586 e. The van der Waals surface area contributed by atoms with Crippen molar-refractivity contribution in [2.45, 2.75) is 18.6 Å². The van der Waals surface area contributed by atoms with Gasteiger partial charge in [-0.1, -0.05) is 23.7 Å². The van der Waals surface area contributed by atoms with Gasteiger partial charge in [-0.15, -0.1) is 8.78 Å². The predicted molar refractivity (Wildman–Crippen MR) is 101 cm³/mol. The number of fused-ring (bicyclic) bond motifs is 1. The van der Waals surface area contributed by atoms with Crippen LogP contribution in [0.25, 0.3) is 0 Å². The molecule has 158 valence electrons. The van der Waals surface area contributed by atoms with Crippen LogP contribution in [0.15, 0.2) is 36.4 Å². The van der Waals surface area contributed by atoms with Gasteiger partial charge in [0.2, 0.25) is 11.8 Å². The quantitative estimate of drug-likeness (QED) is 0.732. The minimum absolute atomic E-state index is 0.134. The lowest BCUT2D eigenvalue weighted by Crippen LogP contribution is -2.47. The number of benzene rings is 2. The Hall–Kier alpha value is -2.94. The first kappa shape index (κ1) is 20.3. The zero-order valence-corrected chi connectivity index (χ0v) is 16.4. The number of halogens is 4. The number of carbonyl (C=O) groups excluding carboxylic acids is 2. The molecule has 0 bridgehead atoms. The molecule has 2 aromatic rings. The second-order valence-corrected chi connectivity index (χ2v) is 7.50. The van der Waals surface area contributed by atoms with Crippen molar-refractivity contribution in [1.29, 1.82) is 0 Å². The van der Waals surface area contributed by atoms with Gasteiger partial charge in [-0.05, 0) is 36.2 Å². The van der Waals surface area contributed by atoms with Gasteiger partial charge in [0.15, 0.2) is 17.3 Å². The molecule has 1 N–H and O–H groups in total. The number of hydrogen-bond donors (Lipinski definition) is 1. The molecular formula is C20H16ClF3N2O4. The SMILES string of the molecule is CN1CC[C@H](c2ccc3c(c2)OC(F)(F)O3)[C@@H](C(=O)Nc2cccc(Cl)c2F)C1=O. The fourth-order valence-electron chi connectivity index (χ4n) is 3.68. The molecule has 0 aromatic heterocycles. The summed E-state index contributed by atoms with van der Waals surface area (Å²) < 4.78 is 49.7. The Labute approximate surface area is 174 Å². The average molecular weight is 441 g/mol. The number of piperidine rings is 1. The van der Waals surface area contributed by atoms with Crippen LogP contribution in [0.2, 0.25) is 5.02 Å². The fraction of sp³-hybridized carbons (Fsp3) is 0.300. The van der Waals surface area contributed by atoms with Crippen LogP contribution in [-0.4, -0.2) is 36.6 Å². The second kappa shape index (κ2) is 7.39. The van der Waals surface area contributed by atoms with Gasteiger partial charge in [-0.2, -0.15) is 0 Å². The Morgan fingerprint density at radius 3 is 2.73 bits per heavy atom. The summed E-state index contributed by atoms with van der Waals surface area (Å²) in [7, 11) is 1.55.